The van der Waals surface area contributed by atoms with Gasteiger partial charge in [-0.2, -0.15) is 0 Å². The number of anilines is 1. The Balaban J connectivity index is 1.71. The number of hydrogen-bond donors (Lipinski definition) is 1. The van der Waals surface area contributed by atoms with E-state index in [1.165, 1.54) is 12.1 Å². The Bertz CT molecular complexity index is 863. The van der Waals surface area contributed by atoms with Crippen LogP contribution in [0.1, 0.15) is 11.1 Å². The maximum atomic E-state index is 12.4. The third-order valence-electron chi connectivity index (χ3n) is 3.99. The number of ether oxygens (including phenoxy) is 1. The molecule has 6 nitrogen and oxygen atoms in total. The number of benzene rings is 2. The largest absolute Gasteiger partial charge is 0.370 e. The van der Waals surface area contributed by atoms with Gasteiger partial charge >= 0.3 is 0 Å². The summed E-state index contributed by atoms with van der Waals surface area (Å²) >= 11 is 0. The van der Waals surface area contributed by atoms with Crippen LogP contribution in [0.5, 0.6) is 0 Å². The lowest BCUT2D eigenvalue weighted by Crippen LogP contribution is -2.41. The van der Waals surface area contributed by atoms with E-state index in [1.807, 2.05) is 31.2 Å². The Morgan fingerprint density at radius 3 is 2.60 bits per heavy atom. The molecule has 132 valence electrons. The average molecular weight is 360 g/mol. The zero-order valence-corrected chi connectivity index (χ0v) is 14.8. The number of morpholine rings is 1. The second kappa shape index (κ2) is 7.35. The zero-order valence-electron chi connectivity index (χ0n) is 13.9. The molecule has 0 radical (unpaired) electrons. The fourth-order valence-electron chi connectivity index (χ4n) is 2.68. The minimum Gasteiger partial charge on any atom is -0.370 e. The Hall–Kier alpha value is -2.22. The monoisotopic (exact) mass is 360 g/mol. The van der Waals surface area contributed by atoms with Crippen LogP contribution in [-0.2, 0) is 26.1 Å². The van der Waals surface area contributed by atoms with E-state index in [2.05, 4.69) is 4.72 Å². The highest BCUT2D eigenvalue weighted by Gasteiger charge is 2.21. The summed E-state index contributed by atoms with van der Waals surface area (Å²) in [5.41, 5.74) is 2.65. The minimum absolute atomic E-state index is 0.0537. The fourth-order valence-corrected chi connectivity index (χ4v) is 3.70. The van der Waals surface area contributed by atoms with Gasteiger partial charge < -0.3 is 9.64 Å². The van der Waals surface area contributed by atoms with Gasteiger partial charge in [0.2, 0.25) is 10.0 Å². The lowest BCUT2D eigenvalue weighted by Gasteiger charge is -2.26. The van der Waals surface area contributed by atoms with Crippen molar-refractivity contribution in [1.82, 2.24) is 4.72 Å². The van der Waals surface area contributed by atoms with E-state index in [-0.39, 0.29) is 24.0 Å². The maximum Gasteiger partial charge on any atom is 0.253 e. The third kappa shape index (κ3) is 4.25. The molecular formula is C18H20N2O4S. The van der Waals surface area contributed by atoms with E-state index in [9.17, 15) is 13.2 Å². The Morgan fingerprint density at radius 1 is 1.16 bits per heavy atom. The van der Waals surface area contributed by atoms with Crippen molar-refractivity contribution in [2.75, 3.05) is 24.7 Å². The molecule has 0 saturated carbocycles. The number of nitrogens with one attached hydrogen (secondary N) is 1. The summed E-state index contributed by atoms with van der Waals surface area (Å²) in [7, 11) is -3.61. The van der Waals surface area contributed by atoms with Crippen molar-refractivity contribution < 1.29 is 17.9 Å². The van der Waals surface area contributed by atoms with Crippen LogP contribution in [-0.4, -0.2) is 34.1 Å². The van der Waals surface area contributed by atoms with Crippen LogP contribution in [0.3, 0.4) is 0 Å². The molecule has 1 fully saturated rings. The quantitative estimate of drug-likeness (QED) is 0.883. The van der Waals surface area contributed by atoms with Gasteiger partial charge in [0.1, 0.15) is 6.61 Å². The third-order valence-corrected chi connectivity index (χ3v) is 5.41. The van der Waals surface area contributed by atoms with E-state index in [1.54, 1.807) is 17.0 Å². The highest BCUT2D eigenvalue weighted by atomic mass is 32.2. The Kier molecular flexibility index (Phi) is 5.17. The van der Waals surface area contributed by atoms with Crippen molar-refractivity contribution in [3.63, 3.8) is 0 Å². The van der Waals surface area contributed by atoms with Crippen molar-refractivity contribution >= 4 is 21.6 Å². The van der Waals surface area contributed by atoms with Crippen LogP contribution in [0.2, 0.25) is 0 Å². The zero-order chi connectivity index (χ0) is 17.9. The standard InChI is InChI=1S/C18H20N2O4S/c1-14-3-2-4-15(11-14)12-19-25(22,23)17-7-5-16(6-8-17)20-9-10-24-13-18(20)21/h2-8,11,19H,9-10,12-13H2,1H3. The molecule has 1 aliphatic heterocycles. The summed E-state index contributed by atoms with van der Waals surface area (Å²) in [6.45, 7) is 3.19. The van der Waals surface area contributed by atoms with Gasteiger partial charge in [-0.05, 0) is 36.8 Å². The lowest BCUT2D eigenvalue weighted by molar-refractivity contribution is -0.125. The molecule has 0 unspecified atom stereocenters. The molecule has 1 amide bonds. The number of rotatable bonds is 5. The first-order valence-electron chi connectivity index (χ1n) is 7.99. The van der Waals surface area contributed by atoms with Crippen molar-refractivity contribution in [2.45, 2.75) is 18.4 Å². The van der Waals surface area contributed by atoms with Gasteiger partial charge in [-0.1, -0.05) is 29.8 Å². The first-order chi connectivity index (χ1) is 12.0. The van der Waals surface area contributed by atoms with Gasteiger partial charge in [-0.25, -0.2) is 13.1 Å². The number of sulfonamides is 1. The van der Waals surface area contributed by atoms with Gasteiger partial charge in [0.25, 0.3) is 5.91 Å². The SMILES string of the molecule is Cc1cccc(CNS(=O)(=O)c2ccc(N3CCOCC3=O)cc2)c1. The number of hydrogen-bond acceptors (Lipinski definition) is 4. The average Bonchev–Trinajstić information content (AvgIpc) is 2.61. The summed E-state index contributed by atoms with van der Waals surface area (Å²) in [6.07, 6.45) is 0. The highest BCUT2D eigenvalue weighted by Crippen LogP contribution is 2.20. The molecule has 1 aliphatic rings. The fraction of sp³-hybridized carbons (Fsp3) is 0.278. The molecule has 1 saturated heterocycles. The van der Waals surface area contributed by atoms with Crippen molar-refractivity contribution in [2.24, 2.45) is 0 Å². The summed E-state index contributed by atoms with van der Waals surface area (Å²) in [6, 6.07) is 14.0. The van der Waals surface area contributed by atoms with Crippen molar-refractivity contribution in [3.8, 4) is 0 Å². The van der Waals surface area contributed by atoms with Crippen LogP contribution in [0.25, 0.3) is 0 Å². The minimum atomic E-state index is -3.61. The molecule has 0 atom stereocenters. The molecule has 0 aromatic heterocycles. The molecule has 1 heterocycles. The molecule has 2 aromatic rings. The number of nitrogens with zero attached hydrogens (tertiary/aromatic N) is 1. The van der Waals surface area contributed by atoms with E-state index in [0.717, 1.165) is 11.1 Å². The van der Waals surface area contributed by atoms with E-state index >= 15 is 0 Å². The topological polar surface area (TPSA) is 75.7 Å². The van der Waals surface area contributed by atoms with Crippen molar-refractivity contribution in [1.29, 1.82) is 0 Å². The number of amides is 1. The van der Waals surface area contributed by atoms with Gasteiger partial charge in [0, 0.05) is 18.8 Å². The van der Waals surface area contributed by atoms with Gasteiger partial charge in [0.15, 0.2) is 0 Å². The van der Waals surface area contributed by atoms with Crippen LogP contribution in [0.4, 0.5) is 5.69 Å². The number of aryl methyl sites for hydroxylation is 1. The lowest BCUT2D eigenvalue weighted by atomic mass is 10.1. The number of carbonyl (C=O) groups excluding carboxylic acids is 1. The molecule has 0 aliphatic carbocycles. The molecule has 0 bridgehead atoms. The number of carbonyl (C=O) groups is 1. The van der Waals surface area contributed by atoms with Gasteiger partial charge in [-0.15, -0.1) is 0 Å². The van der Waals surface area contributed by atoms with Crippen LogP contribution >= 0.6 is 0 Å². The van der Waals surface area contributed by atoms with E-state index in [4.69, 9.17) is 4.74 Å². The van der Waals surface area contributed by atoms with Crippen LogP contribution in [0, 0.1) is 6.92 Å². The summed E-state index contributed by atoms with van der Waals surface area (Å²) < 4.78 is 32.6. The van der Waals surface area contributed by atoms with Crippen molar-refractivity contribution in [3.05, 3.63) is 59.7 Å². The van der Waals surface area contributed by atoms with E-state index in [0.29, 0.717) is 18.8 Å². The van der Waals surface area contributed by atoms with Crippen LogP contribution < -0.4 is 9.62 Å². The van der Waals surface area contributed by atoms with Gasteiger partial charge in [0.05, 0.1) is 11.5 Å². The molecule has 7 heteroatoms. The summed E-state index contributed by atoms with van der Waals surface area (Å²) in [5.74, 6) is -0.126. The smallest absolute Gasteiger partial charge is 0.253 e. The maximum absolute atomic E-state index is 12.4. The summed E-state index contributed by atoms with van der Waals surface area (Å²) in [5, 5.41) is 0. The highest BCUT2D eigenvalue weighted by molar-refractivity contribution is 7.89. The Labute approximate surface area is 147 Å². The van der Waals surface area contributed by atoms with Gasteiger partial charge in [-0.3, -0.25) is 4.79 Å². The Morgan fingerprint density at radius 2 is 1.92 bits per heavy atom. The molecule has 3 rings (SSSR count). The molecule has 2 aromatic carbocycles. The second-order valence-electron chi connectivity index (χ2n) is 5.91. The first-order valence-corrected chi connectivity index (χ1v) is 9.47. The normalized spacial score (nSPS) is 15.4. The van der Waals surface area contributed by atoms with E-state index < -0.39 is 10.0 Å². The second-order valence-corrected chi connectivity index (χ2v) is 7.67. The predicted octanol–water partition coefficient (Wildman–Crippen LogP) is 1.84. The van der Waals surface area contributed by atoms with Crippen LogP contribution in [0.15, 0.2) is 53.4 Å². The molecule has 0 spiro atoms. The molecule has 25 heavy (non-hydrogen) atoms. The first kappa shape index (κ1) is 17.6. The molecular weight excluding hydrogens is 340 g/mol. The summed E-state index contributed by atoms with van der Waals surface area (Å²) in [4.78, 5) is 13.6. The predicted molar refractivity (Wildman–Crippen MR) is 94.8 cm³/mol. The molecule has 1 N–H and O–H groups in total.